The van der Waals surface area contributed by atoms with Crippen LogP contribution in [0.2, 0.25) is 0 Å². The molecule has 0 aromatic rings. The van der Waals surface area contributed by atoms with Gasteiger partial charge in [-0.2, -0.15) is 0 Å². The Bertz CT molecular complexity index is 148. The van der Waals surface area contributed by atoms with Crippen LogP contribution in [0.25, 0.3) is 0 Å². The van der Waals surface area contributed by atoms with E-state index in [1.54, 1.807) is 0 Å². The molecular weight excluding hydrogens is 150 g/mol. The Kier molecular flexibility index (Phi) is 2.79. The van der Waals surface area contributed by atoms with Gasteiger partial charge in [-0.15, -0.1) is 0 Å². The molecule has 0 aliphatic heterocycles. The van der Waals surface area contributed by atoms with E-state index in [0.717, 1.165) is 19.4 Å². The zero-order valence-electron chi connectivity index (χ0n) is 8.48. The van der Waals surface area contributed by atoms with Gasteiger partial charge in [0.1, 0.15) is 5.72 Å². The van der Waals surface area contributed by atoms with Gasteiger partial charge in [0.15, 0.2) is 0 Å². The van der Waals surface area contributed by atoms with Crippen molar-refractivity contribution in [1.29, 1.82) is 0 Å². The summed E-state index contributed by atoms with van der Waals surface area (Å²) in [5.41, 5.74) is -0.596. The molecule has 2 heteroatoms. The van der Waals surface area contributed by atoms with E-state index < -0.39 is 5.72 Å². The first-order valence-electron chi connectivity index (χ1n) is 4.99. The molecule has 1 aliphatic carbocycles. The minimum Gasteiger partial charge on any atom is -0.376 e. The maximum atomic E-state index is 10.2. The smallest absolute Gasteiger partial charge is 0.118 e. The highest BCUT2D eigenvalue weighted by molar-refractivity contribution is 4.93. The van der Waals surface area contributed by atoms with Crippen molar-refractivity contribution in [3.63, 3.8) is 0 Å². The van der Waals surface area contributed by atoms with Crippen LogP contribution in [0, 0.1) is 5.41 Å². The van der Waals surface area contributed by atoms with Crippen molar-refractivity contribution in [1.82, 2.24) is 5.32 Å². The molecule has 0 aromatic carbocycles. The predicted octanol–water partition coefficient (Wildman–Crippen LogP) is 1.88. The molecule has 0 spiro atoms. The van der Waals surface area contributed by atoms with E-state index in [9.17, 15) is 5.11 Å². The van der Waals surface area contributed by atoms with E-state index >= 15 is 0 Å². The number of rotatable bonds is 3. The van der Waals surface area contributed by atoms with Crippen LogP contribution in [0.4, 0.5) is 0 Å². The van der Waals surface area contributed by atoms with E-state index in [4.69, 9.17) is 0 Å². The number of hydrogen-bond donors (Lipinski definition) is 2. The Morgan fingerprint density at radius 1 is 1.42 bits per heavy atom. The summed E-state index contributed by atoms with van der Waals surface area (Å²) < 4.78 is 0. The van der Waals surface area contributed by atoms with Gasteiger partial charge in [-0.1, -0.05) is 26.7 Å². The Balaban J connectivity index is 2.64. The molecule has 0 amide bonds. The van der Waals surface area contributed by atoms with Gasteiger partial charge in [-0.3, -0.25) is 5.32 Å². The summed E-state index contributed by atoms with van der Waals surface area (Å²) in [6.07, 6.45) is 4.82. The van der Waals surface area contributed by atoms with E-state index in [-0.39, 0.29) is 5.41 Å². The molecule has 0 bridgehead atoms. The molecule has 0 aromatic heterocycles. The molecule has 2 nitrogen and oxygen atoms in total. The van der Waals surface area contributed by atoms with Crippen LogP contribution < -0.4 is 5.32 Å². The molecular formula is C10H21NO. The molecule has 1 atom stereocenters. The predicted molar refractivity (Wildman–Crippen MR) is 50.9 cm³/mol. The second-order valence-electron chi connectivity index (χ2n) is 4.37. The van der Waals surface area contributed by atoms with Crippen LogP contribution in [0.3, 0.4) is 0 Å². The van der Waals surface area contributed by atoms with Gasteiger partial charge in [0.2, 0.25) is 0 Å². The Labute approximate surface area is 75.4 Å². The highest BCUT2D eigenvalue weighted by Gasteiger charge is 2.44. The lowest BCUT2D eigenvalue weighted by Crippen LogP contribution is -2.53. The Morgan fingerprint density at radius 2 is 1.92 bits per heavy atom. The maximum absolute atomic E-state index is 10.2. The minimum absolute atomic E-state index is 0.0863. The first-order valence-corrected chi connectivity index (χ1v) is 4.99. The summed E-state index contributed by atoms with van der Waals surface area (Å²) in [7, 11) is 0. The van der Waals surface area contributed by atoms with Gasteiger partial charge in [-0.05, 0) is 26.3 Å². The lowest BCUT2D eigenvalue weighted by Gasteiger charge is -2.40. The zero-order valence-corrected chi connectivity index (χ0v) is 8.48. The van der Waals surface area contributed by atoms with Gasteiger partial charge in [-0.25, -0.2) is 0 Å². The van der Waals surface area contributed by atoms with Crippen molar-refractivity contribution in [2.45, 2.75) is 52.2 Å². The second kappa shape index (κ2) is 3.35. The van der Waals surface area contributed by atoms with Crippen LogP contribution in [-0.4, -0.2) is 17.4 Å². The summed E-state index contributed by atoms with van der Waals surface area (Å²) >= 11 is 0. The first kappa shape index (κ1) is 10.0. The SMILES string of the molecule is CCNC(C)(O)C1(C)CCCC1. The van der Waals surface area contributed by atoms with Gasteiger partial charge in [0, 0.05) is 5.41 Å². The quantitative estimate of drug-likeness (QED) is 0.635. The van der Waals surface area contributed by atoms with Gasteiger partial charge in [0.25, 0.3) is 0 Å². The van der Waals surface area contributed by atoms with E-state index in [1.807, 2.05) is 13.8 Å². The van der Waals surface area contributed by atoms with Gasteiger partial charge >= 0.3 is 0 Å². The van der Waals surface area contributed by atoms with Gasteiger partial charge in [0.05, 0.1) is 0 Å². The van der Waals surface area contributed by atoms with E-state index in [0.29, 0.717) is 0 Å². The standard InChI is InChI=1S/C10H21NO/c1-4-11-10(3,12)9(2)7-5-6-8-9/h11-12H,4-8H2,1-3H3. The topological polar surface area (TPSA) is 32.3 Å². The molecule has 1 saturated carbocycles. The summed E-state index contributed by atoms with van der Waals surface area (Å²) in [4.78, 5) is 0. The highest BCUT2D eigenvalue weighted by Crippen LogP contribution is 2.44. The normalized spacial score (nSPS) is 27.0. The molecule has 1 aliphatic rings. The zero-order chi connectivity index (χ0) is 9.24. The molecule has 0 radical (unpaired) electrons. The van der Waals surface area contributed by atoms with Crippen LogP contribution in [0.1, 0.15) is 46.5 Å². The van der Waals surface area contributed by atoms with Crippen molar-refractivity contribution >= 4 is 0 Å². The first-order chi connectivity index (χ1) is 5.52. The van der Waals surface area contributed by atoms with Crippen LogP contribution in [-0.2, 0) is 0 Å². The lowest BCUT2D eigenvalue weighted by atomic mass is 9.78. The molecule has 0 heterocycles. The number of nitrogens with one attached hydrogen (secondary N) is 1. The largest absolute Gasteiger partial charge is 0.376 e. The van der Waals surface area contributed by atoms with Crippen molar-refractivity contribution in [2.75, 3.05) is 6.54 Å². The summed E-state index contributed by atoms with van der Waals surface area (Å²) in [6.45, 7) is 6.96. The number of aliphatic hydroxyl groups is 1. The van der Waals surface area contributed by atoms with Crippen LogP contribution in [0.5, 0.6) is 0 Å². The van der Waals surface area contributed by atoms with E-state index in [1.165, 1.54) is 12.8 Å². The maximum Gasteiger partial charge on any atom is 0.118 e. The average molecular weight is 171 g/mol. The summed E-state index contributed by atoms with van der Waals surface area (Å²) in [6, 6.07) is 0. The third-order valence-corrected chi connectivity index (χ3v) is 3.40. The van der Waals surface area contributed by atoms with Crippen molar-refractivity contribution < 1.29 is 5.11 Å². The number of hydrogen-bond acceptors (Lipinski definition) is 2. The summed E-state index contributed by atoms with van der Waals surface area (Å²) in [5.74, 6) is 0. The third-order valence-electron chi connectivity index (χ3n) is 3.40. The Hall–Kier alpha value is -0.0800. The van der Waals surface area contributed by atoms with E-state index in [2.05, 4.69) is 12.2 Å². The molecule has 1 rings (SSSR count). The monoisotopic (exact) mass is 171 g/mol. The van der Waals surface area contributed by atoms with Crippen molar-refractivity contribution in [3.8, 4) is 0 Å². The molecule has 0 saturated heterocycles. The molecule has 1 fully saturated rings. The molecule has 12 heavy (non-hydrogen) atoms. The fourth-order valence-electron chi connectivity index (χ4n) is 2.20. The van der Waals surface area contributed by atoms with Crippen molar-refractivity contribution in [2.24, 2.45) is 5.41 Å². The third kappa shape index (κ3) is 1.64. The fourth-order valence-corrected chi connectivity index (χ4v) is 2.20. The Morgan fingerprint density at radius 3 is 2.33 bits per heavy atom. The average Bonchev–Trinajstić information content (AvgIpc) is 2.37. The molecule has 2 N–H and O–H groups in total. The minimum atomic E-state index is -0.682. The van der Waals surface area contributed by atoms with Crippen molar-refractivity contribution in [3.05, 3.63) is 0 Å². The summed E-state index contributed by atoms with van der Waals surface area (Å²) in [5, 5.41) is 13.3. The fraction of sp³-hybridized carbons (Fsp3) is 1.00. The van der Waals surface area contributed by atoms with Gasteiger partial charge < -0.3 is 5.11 Å². The second-order valence-corrected chi connectivity index (χ2v) is 4.37. The highest BCUT2D eigenvalue weighted by atomic mass is 16.3. The lowest BCUT2D eigenvalue weighted by molar-refractivity contribution is -0.0841. The van der Waals surface area contributed by atoms with Crippen LogP contribution in [0.15, 0.2) is 0 Å². The van der Waals surface area contributed by atoms with Crippen LogP contribution >= 0.6 is 0 Å². The molecule has 1 unspecified atom stereocenters. The molecule has 72 valence electrons.